The van der Waals surface area contributed by atoms with Gasteiger partial charge in [-0.3, -0.25) is 4.79 Å². The van der Waals surface area contributed by atoms with E-state index in [0.29, 0.717) is 29.9 Å². The fraction of sp³-hybridized carbons (Fsp3) is 0.350. The third-order valence-corrected chi connectivity index (χ3v) is 4.67. The summed E-state index contributed by atoms with van der Waals surface area (Å²) in [5.74, 6) is -0.657. The largest absolute Gasteiger partial charge is 0.481 e. The van der Waals surface area contributed by atoms with Crippen molar-refractivity contribution in [3.8, 4) is 11.5 Å². The van der Waals surface area contributed by atoms with Crippen molar-refractivity contribution in [3.63, 3.8) is 0 Å². The van der Waals surface area contributed by atoms with Gasteiger partial charge < -0.3 is 14.9 Å². The van der Waals surface area contributed by atoms with Gasteiger partial charge in [-0.2, -0.15) is 0 Å². The SMILES string of the molecule is O=C(O)[C@@H](c1cccc(Oc2ccccc2)c1)C1(O)CCCCC1. The molecule has 3 rings (SSSR count). The molecule has 0 heterocycles. The maximum Gasteiger partial charge on any atom is 0.313 e. The maximum absolute atomic E-state index is 11.9. The van der Waals surface area contributed by atoms with Crippen molar-refractivity contribution in [2.75, 3.05) is 0 Å². The molecule has 0 saturated heterocycles. The molecule has 1 aliphatic carbocycles. The van der Waals surface area contributed by atoms with Crippen LogP contribution >= 0.6 is 0 Å². The molecular formula is C20H22O4. The number of aliphatic hydroxyl groups is 1. The molecule has 0 unspecified atom stereocenters. The third kappa shape index (κ3) is 3.60. The molecule has 1 atom stereocenters. The third-order valence-electron chi connectivity index (χ3n) is 4.67. The van der Waals surface area contributed by atoms with E-state index in [0.717, 1.165) is 19.3 Å². The van der Waals surface area contributed by atoms with Gasteiger partial charge in [-0.1, -0.05) is 49.6 Å². The summed E-state index contributed by atoms with van der Waals surface area (Å²) in [6, 6.07) is 16.4. The second-order valence-electron chi connectivity index (χ2n) is 6.42. The summed E-state index contributed by atoms with van der Waals surface area (Å²) in [6.45, 7) is 0. The lowest BCUT2D eigenvalue weighted by molar-refractivity contribution is -0.147. The predicted octanol–water partition coefficient (Wildman–Crippen LogP) is 4.34. The van der Waals surface area contributed by atoms with Crippen molar-refractivity contribution in [3.05, 3.63) is 60.2 Å². The van der Waals surface area contributed by atoms with Gasteiger partial charge >= 0.3 is 5.97 Å². The second kappa shape index (κ2) is 7.05. The van der Waals surface area contributed by atoms with Crippen molar-refractivity contribution in [1.82, 2.24) is 0 Å². The van der Waals surface area contributed by atoms with Crippen molar-refractivity contribution in [2.45, 2.75) is 43.6 Å². The Kier molecular flexibility index (Phi) is 4.86. The molecule has 4 heteroatoms. The van der Waals surface area contributed by atoms with E-state index in [1.54, 1.807) is 24.3 Å². The number of hydrogen-bond donors (Lipinski definition) is 2. The number of benzene rings is 2. The second-order valence-corrected chi connectivity index (χ2v) is 6.42. The number of hydrogen-bond acceptors (Lipinski definition) is 3. The monoisotopic (exact) mass is 326 g/mol. The van der Waals surface area contributed by atoms with Gasteiger partial charge in [0.1, 0.15) is 17.4 Å². The van der Waals surface area contributed by atoms with E-state index in [-0.39, 0.29) is 0 Å². The van der Waals surface area contributed by atoms with E-state index in [1.807, 2.05) is 30.3 Å². The number of aliphatic carboxylic acids is 1. The smallest absolute Gasteiger partial charge is 0.313 e. The minimum Gasteiger partial charge on any atom is -0.481 e. The number of carbonyl (C=O) groups is 1. The fourth-order valence-corrected chi connectivity index (χ4v) is 3.52. The van der Waals surface area contributed by atoms with E-state index in [9.17, 15) is 15.0 Å². The number of rotatable bonds is 5. The van der Waals surface area contributed by atoms with E-state index in [4.69, 9.17) is 4.74 Å². The summed E-state index contributed by atoms with van der Waals surface area (Å²) in [4.78, 5) is 11.9. The number of carboxylic acid groups (broad SMARTS) is 1. The molecule has 1 fully saturated rings. The summed E-state index contributed by atoms with van der Waals surface area (Å²) in [7, 11) is 0. The molecule has 24 heavy (non-hydrogen) atoms. The minimum atomic E-state index is -1.19. The number of para-hydroxylation sites is 1. The highest BCUT2D eigenvalue weighted by molar-refractivity contribution is 5.78. The van der Waals surface area contributed by atoms with Crippen LogP contribution in [0.2, 0.25) is 0 Å². The molecule has 126 valence electrons. The van der Waals surface area contributed by atoms with Crippen molar-refractivity contribution in [1.29, 1.82) is 0 Å². The van der Waals surface area contributed by atoms with Crippen molar-refractivity contribution >= 4 is 5.97 Å². The summed E-state index contributed by atoms with van der Waals surface area (Å²) in [6.07, 6.45) is 3.81. The first kappa shape index (κ1) is 16.5. The van der Waals surface area contributed by atoms with Crippen LogP contribution in [0.3, 0.4) is 0 Å². The molecule has 2 aromatic rings. The first-order valence-corrected chi connectivity index (χ1v) is 8.36. The van der Waals surface area contributed by atoms with Gasteiger partial charge in [0.2, 0.25) is 0 Å². The Labute approximate surface area is 141 Å². The first-order chi connectivity index (χ1) is 11.6. The Morgan fingerprint density at radius 3 is 2.29 bits per heavy atom. The number of ether oxygens (including phenoxy) is 1. The molecule has 4 nitrogen and oxygen atoms in total. The lowest BCUT2D eigenvalue weighted by Gasteiger charge is -2.37. The van der Waals surface area contributed by atoms with E-state index in [1.165, 1.54) is 0 Å². The summed E-state index contributed by atoms with van der Waals surface area (Å²) < 4.78 is 5.79. The highest BCUT2D eigenvalue weighted by atomic mass is 16.5. The van der Waals surface area contributed by atoms with Gasteiger partial charge in [0, 0.05) is 0 Å². The first-order valence-electron chi connectivity index (χ1n) is 8.36. The van der Waals surface area contributed by atoms with Crippen LogP contribution in [0.1, 0.15) is 43.6 Å². The van der Waals surface area contributed by atoms with Crippen molar-refractivity contribution in [2.24, 2.45) is 0 Å². The zero-order valence-corrected chi connectivity index (χ0v) is 13.5. The molecule has 0 aliphatic heterocycles. The Morgan fingerprint density at radius 2 is 1.62 bits per heavy atom. The van der Waals surface area contributed by atoms with Crippen LogP contribution in [0.15, 0.2) is 54.6 Å². The van der Waals surface area contributed by atoms with Gasteiger partial charge in [-0.15, -0.1) is 0 Å². The molecule has 0 bridgehead atoms. The van der Waals surface area contributed by atoms with Crippen LogP contribution in [0, 0.1) is 0 Å². The highest BCUT2D eigenvalue weighted by Gasteiger charge is 2.43. The van der Waals surface area contributed by atoms with Crippen LogP contribution in [0.25, 0.3) is 0 Å². The normalized spacial score (nSPS) is 17.9. The molecule has 2 aromatic carbocycles. The fourth-order valence-electron chi connectivity index (χ4n) is 3.52. The van der Waals surface area contributed by atoms with Gasteiger partial charge in [0.25, 0.3) is 0 Å². The summed E-state index contributed by atoms with van der Waals surface area (Å²) >= 11 is 0. The average molecular weight is 326 g/mol. The van der Waals surface area contributed by atoms with Crippen LogP contribution in [-0.2, 0) is 4.79 Å². The Morgan fingerprint density at radius 1 is 0.958 bits per heavy atom. The van der Waals surface area contributed by atoms with E-state index in [2.05, 4.69) is 0 Å². The summed E-state index contributed by atoms with van der Waals surface area (Å²) in [5.41, 5.74) is -0.601. The van der Waals surface area contributed by atoms with Crippen LogP contribution < -0.4 is 4.74 Å². The van der Waals surface area contributed by atoms with Crippen LogP contribution in [-0.4, -0.2) is 21.8 Å². The molecule has 0 radical (unpaired) electrons. The Bertz CT molecular complexity index is 690. The minimum absolute atomic E-state index is 0.522. The zero-order chi connectivity index (χ0) is 17.0. The quantitative estimate of drug-likeness (QED) is 0.857. The average Bonchev–Trinajstić information content (AvgIpc) is 2.56. The maximum atomic E-state index is 11.9. The van der Waals surface area contributed by atoms with E-state index >= 15 is 0 Å². The highest BCUT2D eigenvalue weighted by Crippen LogP contribution is 2.41. The van der Waals surface area contributed by atoms with Gasteiger partial charge in [-0.05, 0) is 42.7 Å². The predicted molar refractivity (Wildman–Crippen MR) is 91.4 cm³/mol. The van der Waals surface area contributed by atoms with Gasteiger partial charge in [0.15, 0.2) is 0 Å². The summed E-state index contributed by atoms with van der Waals surface area (Å²) in [5, 5.41) is 20.6. The lowest BCUT2D eigenvalue weighted by Crippen LogP contribution is -2.42. The Balaban J connectivity index is 1.88. The van der Waals surface area contributed by atoms with Crippen LogP contribution in [0.4, 0.5) is 0 Å². The molecule has 1 saturated carbocycles. The van der Waals surface area contributed by atoms with Gasteiger partial charge in [-0.25, -0.2) is 0 Å². The Hall–Kier alpha value is -2.33. The van der Waals surface area contributed by atoms with Gasteiger partial charge in [0.05, 0.1) is 5.60 Å². The van der Waals surface area contributed by atoms with E-state index < -0.39 is 17.5 Å². The topological polar surface area (TPSA) is 66.8 Å². The number of carboxylic acids is 1. The van der Waals surface area contributed by atoms with Crippen molar-refractivity contribution < 1.29 is 19.7 Å². The molecule has 0 spiro atoms. The molecular weight excluding hydrogens is 304 g/mol. The zero-order valence-electron chi connectivity index (χ0n) is 13.5. The van der Waals surface area contributed by atoms with Crippen LogP contribution in [0.5, 0.6) is 11.5 Å². The lowest BCUT2D eigenvalue weighted by atomic mass is 9.73. The molecule has 2 N–H and O–H groups in total. The molecule has 0 aromatic heterocycles. The molecule has 0 amide bonds. The molecule has 1 aliphatic rings. The standard InChI is InChI=1S/C20H22O4/c21-19(22)18(20(23)12-5-2-6-13-20)15-8-7-11-17(14-15)24-16-9-3-1-4-10-16/h1,3-4,7-11,14,18,23H,2,5-6,12-13H2,(H,21,22)/t18-/m1/s1.